The highest BCUT2D eigenvalue weighted by atomic mass is 79.9. The summed E-state index contributed by atoms with van der Waals surface area (Å²) in [7, 11) is 4.19. The third-order valence-electron chi connectivity index (χ3n) is 1.94. The number of nitrogens with one attached hydrogen (secondary N) is 1. The minimum Gasteiger partial charge on any atom is -0.312 e. The maximum atomic E-state index is 3.51. The van der Waals surface area contributed by atoms with Gasteiger partial charge in [0.1, 0.15) is 0 Å². The van der Waals surface area contributed by atoms with Gasteiger partial charge in [0.15, 0.2) is 0 Å². The molecule has 0 bridgehead atoms. The van der Waals surface area contributed by atoms with Crippen LogP contribution in [0.4, 0.5) is 0 Å². The first-order valence-corrected chi connectivity index (χ1v) is 5.64. The van der Waals surface area contributed by atoms with Gasteiger partial charge >= 0.3 is 0 Å². The molecule has 0 rings (SSSR count). The SMILES string of the molecule is CC(C)C(CBr)NCCN(C)C. The molecule has 2 nitrogen and oxygen atoms in total. The molecule has 0 heterocycles. The molecule has 0 aliphatic heterocycles. The topological polar surface area (TPSA) is 15.3 Å². The molecule has 0 amide bonds. The maximum Gasteiger partial charge on any atom is 0.0188 e. The van der Waals surface area contributed by atoms with Crippen molar-refractivity contribution in [3.8, 4) is 0 Å². The molecule has 1 atom stereocenters. The van der Waals surface area contributed by atoms with Gasteiger partial charge in [-0.1, -0.05) is 29.8 Å². The Labute approximate surface area is 84.8 Å². The summed E-state index contributed by atoms with van der Waals surface area (Å²) in [5, 5.41) is 4.55. The van der Waals surface area contributed by atoms with Gasteiger partial charge in [0.05, 0.1) is 0 Å². The van der Waals surface area contributed by atoms with E-state index in [4.69, 9.17) is 0 Å². The summed E-state index contributed by atoms with van der Waals surface area (Å²) < 4.78 is 0. The third-order valence-corrected chi connectivity index (χ3v) is 2.63. The summed E-state index contributed by atoms with van der Waals surface area (Å²) in [4.78, 5) is 2.19. The van der Waals surface area contributed by atoms with Crippen molar-refractivity contribution >= 4 is 15.9 Å². The molecular weight excluding hydrogens is 216 g/mol. The summed E-state index contributed by atoms with van der Waals surface area (Å²) >= 11 is 3.51. The molecule has 1 unspecified atom stereocenters. The van der Waals surface area contributed by atoms with Crippen LogP contribution in [0.15, 0.2) is 0 Å². The molecule has 0 aliphatic rings. The van der Waals surface area contributed by atoms with E-state index >= 15 is 0 Å². The monoisotopic (exact) mass is 236 g/mol. The van der Waals surface area contributed by atoms with Crippen LogP contribution in [0.1, 0.15) is 13.8 Å². The van der Waals surface area contributed by atoms with Crippen LogP contribution in [0.25, 0.3) is 0 Å². The van der Waals surface area contributed by atoms with E-state index in [9.17, 15) is 0 Å². The Hall–Kier alpha value is 0.400. The second kappa shape index (κ2) is 6.87. The van der Waals surface area contributed by atoms with Crippen LogP contribution in [-0.4, -0.2) is 43.5 Å². The van der Waals surface area contributed by atoms with Crippen LogP contribution in [0.3, 0.4) is 0 Å². The quantitative estimate of drug-likeness (QED) is 0.705. The molecule has 12 heavy (non-hydrogen) atoms. The molecule has 0 saturated carbocycles. The van der Waals surface area contributed by atoms with Gasteiger partial charge in [-0.25, -0.2) is 0 Å². The number of hydrogen-bond donors (Lipinski definition) is 1. The summed E-state index contributed by atoms with van der Waals surface area (Å²) in [6.07, 6.45) is 0. The van der Waals surface area contributed by atoms with Crippen LogP contribution in [0, 0.1) is 5.92 Å². The van der Waals surface area contributed by atoms with Crippen molar-refractivity contribution in [1.29, 1.82) is 0 Å². The minimum atomic E-state index is 0.602. The zero-order valence-electron chi connectivity index (χ0n) is 8.60. The van der Waals surface area contributed by atoms with Gasteiger partial charge in [-0.05, 0) is 20.0 Å². The van der Waals surface area contributed by atoms with Crippen LogP contribution in [0.2, 0.25) is 0 Å². The van der Waals surface area contributed by atoms with Gasteiger partial charge in [-0.3, -0.25) is 0 Å². The summed E-state index contributed by atoms with van der Waals surface area (Å²) in [6.45, 7) is 6.67. The molecule has 0 aromatic heterocycles. The minimum absolute atomic E-state index is 0.602. The Kier molecular flexibility index (Phi) is 7.10. The highest BCUT2D eigenvalue weighted by molar-refractivity contribution is 9.09. The largest absolute Gasteiger partial charge is 0.312 e. The number of likely N-dealkylation sites (N-methyl/N-ethyl adjacent to an activating group) is 1. The van der Waals surface area contributed by atoms with Gasteiger partial charge in [0.2, 0.25) is 0 Å². The van der Waals surface area contributed by atoms with E-state index in [0.29, 0.717) is 12.0 Å². The van der Waals surface area contributed by atoms with Crippen molar-refractivity contribution in [2.24, 2.45) is 5.92 Å². The highest BCUT2D eigenvalue weighted by Gasteiger charge is 2.09. The Morgan fingerprint density at radius 2 is 1.92 bits per heavy atom. The fraction of sp³-hybridized carbons (Fsp3) is 1.00. The Balaban J connectivity index is 3.45. The summed E-state index contributed by atoms with van der Waals surface area (Å²) in [5.74, 6) is 0.700. The van der Waals surface area contributed by atoms with Crippen LogP contribution < -0.4 is 5.32 Å². The van der Waals surface area contributed by atoms with Crippen LogP contribution >= 0.6 is 15.9 Å². The highest BCUT2D eigenvalue weighted by Crippen LogP contribution is 2.03. The summed E-state index contributed by atoms with van der Waals surface area (Å²) in [5.41, 5.74) is 0. The second-order valence-electron chi connectivity index (χ2n) is 3.76. The fourth-order valence-corrected chi connectivity index (χ4v) is 1.92. The average Bonchev–Trinajstić information content (AvgIpc) is 1.96. The van der Waals surface area contributed by atoms with E-state index in [0.717, 1.165) is 18.4 Å². The number of hydrogen-bond acceptors (Lipinski definition) is 2. The third kappa shape index (κ3) is 5.98. The molecule has 3 heteroatoms. The zero-order chi connectivity index (χ0) is 9.56. The second-order valence-corrected chi connectivity index (χ2v) is 4.41. The number of rotatable bonds is 6. The van der Waals surface area contributed by atoms with Crippen molar-refractivity contribution in [1.82, 2.24) is 10.2 Å². The van der Waals surface area contributed by atoms with E-state index < -0.39 is 0 Å². The lowest BCUT2D eigenvalue weighted by atomic mass is 10.1. The molecule has 0 saturated heterocycles. The molecule has 74 valence electrons. The molecule has 0 aromatic carbocycles. The van der Waals surface area contributed by atoms with Crippen molar-refractivity contribution in [3.05, 3.63) is 0 Å². The van der Waals surface area contributed by atoms with Gasteiger partial charge < -0.3 is 10.2 Å². The molecule has 0 radical (unpaired) electrons. The number of halogens is 1. The first-order chi connectivity index (χ1) is 5.57. The lowest BCUT2D eigenvalue weighted by Crippen LogP contribution is -2.39. The van der Waals surface area contributed by atoms with Gasteiger partial charge in [0, 0.05) is 24.5 Å². The van der Waals surface area contributed by atoms with E-state index in [1.807, 2.05) is 0 Å². The van der Waals surface area contributed by atoms with Crippen molar-refractivity contribution in [2.45, 2.75) is 19.9 Å². The summed E-state index contributed by atoms with van der Waals surface area (Å²) in [6, 6.07) is 0.602. The Morgan fingerprint density at radius 1 is 1.33 bits per heavy atom. The molecule has 0 aliphatic carbocycles. The van der Waals surface area contributed by atoms with Gasteiger partial charge in [0.25, 0.3) is 0 Å². The molecule has 0 spiro atoms. The van der Waals surface area contributed by atoms with E-state index in [1.54, 1.807) is 0 Å². The van der Waals surface area contributed by atoms with Crippen molar-refractivity contribution in [3.63, 3.8) is 0 Å². The van der Waals surface area contributed by atoms with Crippen molar-refractivity contribution in [2.75, 3.05) is 32.5 Å². The standard InChI is InChI=1S/C9H21BrN2/c1-8(2)9(7-10)11-5-6-12(3)4/h8-9,11H,5-7H2,1-4H3. The number of alkyl halides is 1. The first kappa shape index (κ1) is 12.4. The van der Waals surface area contributed by atoms with E-state index in [1.165, 1.54) is 0 Å². The van der Waals surface area contributed by atoms with Gasteiger partial charge in [-0.2, -0.15) is 0 Å². The molecular formula is C9H21BrN2. The molecule has 0 fully saturated rings. The zero-order valence-corrected chi connectivity index (χ0v) is 10.2. The maximum absolute atomic E-state index is 3.51. The van der Waals surface area contributed by atoms with Crippen LogP contribution in [-0.2, 0) is 0 Å². The predicted octanol–water partition coefficient (Wildman–Crippen LogP) is 1.56. The Morgan fingerprint density at radius 3 is 2.25 bits per heavy atom. The van der Waals surface area contributed by atoms with Crippen LogP contribution in [0.5, 0.6) is 0 Å². The Bertz CT molecular complexity index is 105. The first-order valence-electron chi connectivity index (χ1n) is 4.52. The van der Waals surface area contributed by atoms with E-state index in [2.05, 4.69) is 54.1 Å². The van der Waals surface area contributed by atoms with Gasteiger partial charge in [-0.15, -0.1) is 0 Å². The molecule has 1 N–H and O–H groups in total. The molecule has 0 aromatic rings. The fourth-order valence-electron chi connectivity index (χ4n) is 0.942. The van der Waals surface area contributed by atoms with E-state index in [-0.39, 0.29) is 0 Å². The predicted molar refractivity (Wildman–Crippen MR) is 59.0 cm³/mol. The average molecular weight is 237 g/mol. The van der Waals surface area contributed by atoms with Crippen molar-refractivity contribution < 1.29 is 0 Å². The smallest absolute Gasteiger partial charge is 0.0188 e. The number of nitrogens with zero attached hydrogens (tertiary/aromatic N) is 1. The normalized spacial score (nSPS) is 14.2. The lowest BCUT2D eigenvalue weighted by molar-refractivity contribution is 0.365. The lowest BCUT2D eigenvalue weighted by Gasteiger charge is -2.21.